The van der Waals surface area contributed by atoms with Crippen molar-refractivity contribution in [1.29, 1.82) is 0 Å². The van der Waals surface area contributed by atoms with Gasteiger partial charge in [0.1, 0.15) is 10.3 Å². The molecule has 1 amide bonds. The molecule has 1 aliphatic rings. The Kier molecular flexibility index (Phi) is 7.82. The van der Waals surface area contributed by atoms with Crippen LogP contribution in [0.25, 0.3) is 10.3 Å². The van der Waals surface area contributed by atoms with Gasteiger partial charge >= 0.3 is 6.18 Å². The normalized spacial score (nSPS) is 16.6. The number of alkyl halides is 3. The number of piperidine rings is 1. The Bertz CT molecular complexity index is 1210. The number of aromatic nitrogens is 2. The van der Waals surface area contributed by atoms with Crippen molar-refractivity contribution in [2.75, 3.05) is 32.6 Å². The molecule has 3 heterocycles. The van der Waals surface area contributed by atoms with E-state index < -0.39 is 24.0 Å². The van der Waals surface area contributed by atoms with E-state index in [2.05, 4.69) is 20.6 Å². The molecule has 1 aliphatic heterocycles. The zero-order valence-electron chi connectivity index (χ0n) is 20.6. The standard InChI is InChI=1S/C25H30F3N5O2S/c1-14(35-4)20-19(13-30-23-21(20)31-15(2)36-23)32-18-7-5-16(6-8-18)22(25(26,27)28)33(3)24(34)17-9-11-29-12-10-17/h5-8,13-14,17,22,29,32H,9-12H2,1-4H3/t14-,22+/m1/s1. The molecule has 36 heavy (non-hydrogen) atoms. The summed E-state index contributed by atoms with van der Waals surface area (Å²) in [5.41, 5.74) is 2.83. The summed E-state index contributed by atoms with van der Waals surface area (Å²) < 4.78 is 47.9. The van der Waals surface area contributed by atoms with Gasteiger partial charge in [-0.2, -0.15) is 13.2 Å². The molecule has 1 aromatic carbocycles. The van der Waals surface area contributed by atoms with E-state index in [0.717, 1.165) is 25.8 Å². The minimum atomic E-state index is -4.61. The van der Waals surface area contributed by atoms with Gasteiger partial charge in [-0.3, -0.25) is 4.79 Å². The van der Waals surface area contributed by atoms with Gasteiger partial charge in [-0.15, -0.1) is 0 Å². The van der Waals surface area contributed by atoms with Gasteiger partial charge in [0.05, 0.1) is 23.0 Å². The molecule has 0 aliphatic carbocycles. The fourth-order valence-electron chi connectivity index (χ4n) is 4.65. The smallest absolute Gasteiger partial charge is 0.377 e. The highest BCUT2D eigenvalue weighted by atomic mass is 32.1. The lowest BCUT2D eigenvalue weighted by Gasteiger charge is -2.34. The number of rotatable bonds is 7. The van der Waals surface area contributed by atoms with Crippen LogP contribution in [-0.2, 0) is 9.53 Å². The van der Waals surface area contributed by atoms with Crippen LogP contribution < -0.4 is 10.6 Å². The number of amides is 1. The molecule has 4 rings (SSSR count). The quantitative estimate of drug-likeness (QED) is 0.427. The van der Waals surface area contributed by atoms with Crippen molar-refractivity contribution < 1.29 is 22.7 Å². The molecule has 2 atom stereocenters. The number of fused-ring (bicyclic) bond motifs is 1. The third-order valence-corrected chi connectivity index (χ3v) is 7.45. The number of carbonyl (C=O) groups excluding carboxylic acids is 1. The number of halogens is 3. The van der Waals surface area contributed by atoms with Crippen molar-refractivity contribution in [1.82, 2.24) is 20.2 Å². The number of pyridine rings is 1. The lowest BCUT2D eigenvalue weighted by Crippen LogP contribution is -2.45. The average Bonchev–Trinajstić information content (AvgIpc) is 3.24. The van der Waals surface area contributed by atoms with Crippen LogP contribution in [0.2, 0.25) is 0 Å². The molecular weight excluding hydrogens is 491 g/mol. The van der Waals surface area contributed by atoms with Crippen molar-refractivity contribution in [2.45, 2.75) is 45.0 Å². The summed E-state index contributed by atoms with van der Waals surface area (Å²) in [5.74, 6) is -0.878. The Morgan fingerprint density at radius 2 is 1.92 bits per heavy atom. The van der Waals surface area contributed by atoms with Crippen LogP contribution >= 0.6 is 11.3 Å². The topological polar surface area (TPSA) is 79.4 Å². The average molecular weight is 522 g/mol. The Hall–Kier alpha value is -2.76. The van der Waals surface area contributed by atoms with Crippen molar-refractivity contribution in [3.05, 3.63) is 46.6 Å². The lowest BCUT2D eigenvalue weighted by atomic mass is 9.95. The van der Waals surface area contributed by atoms with E-state index in [9.17, 15) is 18.0 Å². The van der Waals surface area contributed by atoms with Crippen LogP contribution in [0.4, 0.5) is 24.5 Å². The molecule has 7 nitrogen and oxygen atoms in total. The van der Waals surface area contributed by atoms with Gasteiger partial charge in [0.2, 0.25) is 5.91 Å². The predicted octanol–water partition coefficient (Wildman–Crippen LogP) is 5.51. The van der Waals surface area contributed by atoms with Gasteiger partial charge in [0.15, 0.2) is 6.04 Å². The second kappa shape index (κ2) is 10.7. The number of carbonyl (C=O) groups is 1. The Labute approximate surface area is 212 Å². The van der Waals surface area contributed by atoms with Crippen molar-refractivity contribution in [3.8, 4) is 0 Å². The van der Waals surface area contributed by atoms with E-state index >= 15 is 0 Å². The van der Waals surface area contributed by atoms with E-state index in [-0.39, 0.29) is 11.7 Å². The number of anilines is 2. The molecule has 1 saturated heterocycles. The Morgan fingerprint density at radius 3 is 2.53 bits per heavy atom. The van der Waals surface area contributed by atoms with Crippen LogP contribution in [0.15, 0.2) is 30.5 Å². The van der Waals surface area contributed by atoms with Gasteiger partial charge < -0.3 is 20.3 Å². The number of ether oxygens (including phenoxy) is 1. The summed E-state index contributed by atoms with van der Waals surface area (Å²) >= 11 is 1.48. The van der Waals surface area contributed by atoms with Gasteiger partial charge in [-0.1, -0.05) is 23.5 Å². The lowest BCUT2D eigenvalue weighted by molar-refractivity contribution is -0.190. The highest BCUT2D eigenvalue weighted by Gasteiger charge is 2.46. The van der Waals surface area contributed by atoms with Crippen molar-refractivity contribution >= 4 is 39.0 Å². The van der Waals surface area contributed by atoms with Gasteiger partial charge in [0.25, 0.3) is 0 Å². The molecule has 2 aromatic heterocycles. The van der Waals surface area contributed by atoms with E-state index in [1.54, 1.807) is 25.4 Å². The highest BCUT2D eigenvalue weighted by molar-refractivity contribution is 7.18. The molecular formula is C25H30F3N5O2S. The van der Waals surface area contributed by atoms with E-state index in [4.69, 9.17) is 4.74 Å². The maximum atomic E-state index is 14.1. The number of thiazole rings is 1. The van der Waals surface area contributed by atoms with Crippen LogP contribution in [-0.4, -0.2) is 54.2 Å². The zero-order chi connectivity index (χ0) is 26.0. The molecule has 11 heteroatoms. The minimum Gasteiger partial charge on any atom is -0.377 e. The first-order valence-corrected chi connectivity index (χ1v) is 12.6. The molecule has 0 spiro atoms. The largest absolute Gasteiger partial charge is 0.413 e. The van der Waals surface area contributed by atoms with Crippen LogP contribution in [0, 0.1) is 12.8 Å². The van der Waals surface area contributed by atoms with Crippen LogP contribution in [0.5, 0.6) is 0 Å². The van der Waals surface area contributed by atoms with Gasteiger partial charge in [0, 0.05) is 31.3 Å². The fourth-order valence-corrected chi connectivity index (χ4v) is 5.42. The van der Waals surface area contributed by atoms with E-state index in [0.29, 0.717) is 37.3 Å². The summed E-state index contributed by atoms with van der Waals surface area (Å²) in [7, 11) is 2.84. The number of aryl methyl sites for hydroxylation is 1. The summed E-state index contributed by atoms with van der Waals surface area (Å²) in [6.07, 6.45) is -2.12. The first kappa shape index (κ1) is 26.3. The highest BCUT2D eigenvalue weighted by Crippen LogP contribution is 2.39. The number of benzene rings is 1. The maximum Gasteiger partial charge on any atom is 0.413 e. The molecule has 2 N–H and O–H groups in total. The molecule has 194 valence electrons. The second-order valence-electron chi connectivity index (χ2n) is 9.01. The summed E-state index contributed by atoms with van der Waals surface area (Å²) in [5, 5.41) is 7.27. The van der Waals surface area contributed by atoms with Gasteiger partial charge in [-0.25, -0.2) is 9.97 Å². The number of hydrogen-bond donors (Lipinski definition) is 2. The second-order valence-corrected chi connectivity index (χ2v) is 10.2. The molecule has 0 bridgehead atoms. The number of hydrogen-bond acceptors (Lipinski definition) is 7. The molecule has 0 saturated carbocycles. The van der Waals surface area contributed by atoms with E-state index in [1.807, 2.05) is 13.8 Å². The molecule has 3 aromatic rings. The van der Waals surface area contributed by atoms with E-state index in [1.165, 1.54) is 30.5 Å². The van der Waals surface area contributed by atoms with Gasteiger partial charge in [-0.05, 0) is 57.5 Å². The third-order valence-electron chi connectivity index (χ3n) is 6.57. The first-order valence-electron chi connectivity index (χ1n) is 11.8. The number of nitrogens with zero attached hydrogens (tertiary/aromatic N) is 3. The van der Waals surface area contributed by atoms with Crippen molar-refractivity contribution in [3.63, 3.8) is 0 Å². The molecule has 0 radical (unpaired) electrons. The Morgan fingerprint density at radius 1 is 1.25 bits per heavy atom. The number of nitrogens with one attached hydrogen (secondary N) is 2. The van der Waals surface area contributed by atoms with Crippen LogP contribution in [0.1, 0.15) is 48.0 Å². The van der Waals surface area contributed by atoms with Crippen LogP contribution in [0.3, 0.4) is 0 Å². The first-order chi connectivity index (χ1) is 17.1. The predicted molar refractivity (Wildman–Crippen MR) is 134 cm³/mol. The molecule has 1 fully saturated rings. The van der Waals surface area contributed by atoms with Crippen molar-refractivity contribution in [2.24, 2.45) is 5.92 Å². The SMILES string of the molecule is CO[C@H](C)c1c(Nc2ccc([C@H](N(C)C(=O)C3CCNCC3)C(F)(F)F)cc2)cnc2sc(C)nc12. The summed E-state index contributed by atoms with van der Waals surface area (Å²) in [6.45, 7) is 5.07. The molecule has 0 unspecified atom stereocenters. The summed E-state index contributed by atoms with van der Waals surface area (Å²) in [4.78, 5) is 23.6. The fraction of sp³-hybridized carbons (Fsp3) is 0.480. The monoisotopic (exact) mass is 521 g/mol. The zero-order valence-corrected chi connectivity index (χ0v) is 21.5. The Balaban J connectivity index is 1.60. The third kappa shape index (κ3) is 5.47. The number of methoxy groups -OCH3 is 1. The maximum absolute atomic E-state index is 14.1. The summed E-state index contributed by atoms with van der Waals surface area (Å²) in [6, 6.07) is 3.95. The minimum absolute atomic E-state index is 0.00650.